The van der Waals surface area contributed by atoms with E-state index < -0.39 is 5.60 Å². The van der Waals surface area contributed by atoms with E-state index in [1.165, 1.54) is 13.0 Å². The summed E-state index contributed by atoms with van der Waals surface area (Å²) in [6.07, 6.45) is 4.77. The van der Waals surface area contributed by atoms with Crippen molar-refractivity contribution >= 4 is 5.78 Å². The van der Waals surface area contributed by atoms with Crippen LogP contribution in [0.4, 0.5) is 0 Å². The number of carbonyl (C=O) groups is 1. The van der Waals surface area contributed by atoms with Crippen LogP contribution < -0.4 is 0 Å². The van der Waals surface area contributed by atoms with E-state index in [1.54, 1.807) is 19.1 Å². The van der Waals surface area contributed by atoms with Gasteiger partial charge in [-0.1, -0.05) is 12.2 Å². The Hall–Kier alpha value is -0.890. The lowest BCUT2D eigenvalue weighted by Crippen LogP contribution is -2.36. The Morgan fingerprint density at radius 1 is 1.60 bits per heavy atom. The van der Waals surface area contributed by atoms with Gasteiger partial charge < -0.3 is 5.11 Å². The Labute approximate surface area is 59.9 Å². The first-order valence-corrected chi connectivity index (χ1v) is 3.17. The molecular weight excluding hydrogens is 128 g/mol. The Morgan fingerprint density at radius 3 is 2.60 bits per heavy atom. The fourth-order valence-corrected chi connectivity index (χ4v) is 0.799. The zero-order chi connectivity index (χ0) is 7.78. The molecular formula is C8H10O2. The van der Waals surface area contributed by atoms with Crippen LogP contribution in [-0.2, 0) is 4.79 Å². The predicted molar refractivity (Wildman–Crippen MR) is 38.5 cm³/mol. The molecule has 0 bridgehead atoms. The average molecular weight is 138 g/mol. The van der Waals surface area contributed by atoms with Gasteiger partial charge in [-0.2, -0.15) is 0 Å². The van der Waals surface area contributed by atoms with Crippen molar-refractivity contribution in [3.05, 3.63) is 23.8 Å². The highest BCUT2D eigenvalue weighted by Crippen LogP contribution is 2.20. The molecule has 0 spiro atoms. The fourth-order valence-electron chi connectivity index (χ4n) is 0.799. The van der Waals surface area contributed by atoms with Gasteiger partial charge in [0.25, 0.3) is 0 Å². The molecule has 1 atom stereocenters. The minimum absolute atomic E-state index is 0.243. The van der Waals surface area contributed by atoms with Crippen molar-refractivity contribution in [1.29, 1.82) is 0 Å². The number of rotatable bonds is 0. The Kier molecular flexibility index (Phi) is 1.49. The van der Waals surface area contributed by atoms with Gasteiger partial charge in [-0.15, -0.1) is 0 Å². The Balaban J connectivity index is 3.05. The van der Waals surface area contributed by atoms with Crippen LogP contribution in [0.25, 0.3) is 0 Å². The molecule has 0 fully saturated rings. The summed E-state index contributed by atoms with van der Waals surface area (Å²) in [6, 6.07) is 0. The van der Waals surface area contributed by atoms with Crippen molar-refractivity contribution in [1.82, 2.24) is 0 Å². The van der Waals surface area contributed by atoms with E-state index in [0.717, 1.165) is 0 Å². The molecule has 54 valence electrons. The number of carbonyl (C=O) groups excluding carboxylic acids is 1. The molecule has 1 unspecified atom stereocenters. The van der Waals surface area contributed by atoms with Gasteiger partial charge in [0.15, 0.2) is 5.78 Å². The van der Waals surface area contributed by atoms with Crippen LogP contribution in [0.3, 0.4) is 0 Å². The van der Waals surface area contributed by atoms with Crippen molar-refractivity contribution in [3.8, 4) is 0 Å². The van der Waals surface area contributed by atoms with Crippen LogP contribution in [0.5, 0.6) is 0 Å². The van der Waals surface area contributed by atoms with E-state index in [2.05, 4.69) is 0 Å². The molecule has 0 aromatic carbocycles. The molecule has 0 aromatic heterocycles. The molecule has 0 saturated heterocycles. The monoisotopic (exact) mass is 138 g/mol. The van der Waals surface area contributed by atoms with Crippen molar-refractivity contribution in [2.75, 3.05) is 0 Å². The highest BCUT2D eigenvalue weighted by molar-refractivity contribution is 6.00. The second-order valence-corrected chi connectivity index (χ2v) is 2.65. The third kappa shape index (κ3) is 0.907. The lowest BCUT2D eigenvalue weighted by molar-refractivity contribution is -0.127. The molecule has 1 rings (SSSR count). The molecule has 0 radical (unpaired) electrons. The first-order valence-electron chi connectivity index (χ1n) is 3.17. The summed E-state index contributed by atoms with van der Waals surface area (Å²) in [5.74, 6) is -0.243. The van der Waals surface area contributed by atoms with E-state index in [9.17, 15) is 9.90 Å². The quantitative estimate of drug-likeness (QED) is 0.538. The van der Waals surface area contributed by atoms with Crippen LogP contribution in [-0.4, -0.2) is 16.5 Å². The van der Waals surface area contributed by atoms with E-state index >= 15 is 0 Å². The van der Waals surface area contributed by atoms with Gasteiger partial charge in [0, 0.05) is 0 Å². The second kappa shape index (κ2) is 2.06. The standard InChI is InChI=1S/C8H10O2/c1-6-4-3-5-7(9)8(6,2)10/h3-5,10H,1-2H3. The molecule has 0 saturated carbocycles. The lowest BCUT2D eigenvalue weighted by atomic mass is 9.89. The van der Waals surface area contributed by atoms with Gasteiger partial charge in [-0.05, 0) is 25.5 Å². The highest BCUT2D eigenvalue weighted by Gasteiger charge is 2.31. The van der Waals surface area contributed by atoms with Gasteiger partial charge in [-0.25, -0.2) is 0 Å². The highest BCUT2D eigenvalue weighted by atomic mass is 16.3. The van der Waals surface area contributed by atoms with Crippen molar-refractivity contribution in [3.63, 3.8) is 0 Å². The van der Waals surface area contributed by atoms with Crippen LogP contribution in [0, 0.1) is 0 Å². The molecule has 10 heavy (non-hydrogen) atoms. The van der Waals surface area contributed by atoms with Crippen LogP contribution in [0.15, 0.2) is 23.8 Å². The number of allylic oxidation sites excluding steroid dienone is 2. The normalized spacial score (nSPS) is 32.3. The molecule has 1 aliphatic rings. The maximum atomic E-state index is 10.9. The second-order valence-electron chi connectivity index (χ2n) is 2.65. The number of hydrogen-bond acceptors (Lipinski definition) is 2. The maximum absolute atomic E-state index is 10.9. The smallest absolute Gasteiger partial charge is 0.191 e. The summed E-state index contributed by atoms with van der Waals surface area (Å²) in [5, 5.41) is 9.44. The molecule has 0 amide bonds. The minimum atomic E-state index is -1.27. The van der Waals surface area contributed by atoms with Crippen molar-refractivity contribution < 1.29 is 9.90 Å². The first-order chi connectivity index (χ1) is 4.55. The van der Waals surface area contributed by atoms with E-state index in [1.807, 2.05) is 0 Å². The lowest BCUT2D eigenvalue weighted by Gasteiger charge is -2.22. The largest absolute Gasteiger partial charge is 0.378 e. The molecule has 0 aromatic rings. The molecule has 2 heteroatoms. The van der Waals surface area contributed by atoms with E-state index in [4.69, 9.17) is 0 Å². The summed E-state index contributed by atoms with van der Waals surface area (Å²) in [6.45, 7) is 3.24. The molecule has 0 heterocycles. The van der Waals surface area contributed by atoms with E-state index in [0.29, 0.717) is 5.57 Å². The fraction of sp³-hybridized carbons (Fsp3) is 0.375. The van der Waals surface area contributed by atoms with Gasteiger partial charge in [-0.3, -0.25) is 4.79 Å². The zero-order valence-corrected chi connectivity index (χ0v) is 6.09. The Bertz CT molecular complexity index is 221. The Morgan fingerprint density at radius 2 is 2.20 bits per heavy atom. The van der Waals surface area contributed by atoms with E-state index in [-0.39, 0.29) is 5.78 Å². The third-order valence-corrected chi connectivity index (χ3v) is 1.84. The SMILES string of the molecule is CC1=CC=CC(=O)C1(C)O. The maximum Gasteiger partial charge on any atom is 0.191 e. The van der Waals surface area contributed by atoms with Gasteiger partial charge >= 0.3 is 0 Å². The number of aliphatic hydroxyl groups is 1. The molecule has 2 nitrogen and oxygen atoms in total. The predicted octanol–water partition coefficient (Wildman–Crippen LogP) is 0.823. The summed E-state index contributed by atoms with van der Waals surface area (Å²) < 4.78 is 0. The van der Waals surface area contributed by atoms with Crippen LogP contribution in [0.1, 0.15) is 13.8 Å². The van der Waals surface area contributed by atoms with Gasteiger partial charge in [0.1, 0.15) is 5.60 Å². The molecule has 1 N–H and O–H groups in total. The summed E-state index contributed by atoms with van der Waals surface area (Å²) >= 11 is 0. The third-order valence-electron chi connectivity index (χ3n) is 1.84. The minimum Gasteiger partial charge on any atom is -0.378 e. The number of hydrogen-bond donors (Lipinski definition) is 1. The van der Waals surface area contributed by atoms with Crippen LogP contribution >= 0.6 is 0 Å². The van der Waals surface area contributed by atoms with Crippen LogP contribution in [0.2, 0.25) is 0 Å². The summed E-state index contributed by atoms with van der Waals surface area (Å²) in [4.78, 5) is 10.9. The van der Waals surface area contributed by atoms with Crippen molar-refractivity contribution in [2.45, 2.75) is 19.4 Å². The zero-order valence-electron chi connectivity index (χ0n) is 6.09. The molecule has 0 aliphatic heterocycles. The first kappa shape index (κ1) is 7.22. The summed E-state index contributed by atoms with van der Waals surface area (Å²) in [7, 11) is 0. The number of ketones is 1. The molecule has 1 aliphatic carbocycles. The van der Waals surface area contributed by atoms with Gasteiger partial charge in [0.2, 0.25) is 0 Å². The van der Waals surface area contributed by atoms with Gasteiger partial charge in [0.05, 0.1) is 0 Å². The summed E-state index contributed by atoms with van der Waals surface area (Å²) in [5.41, 5.74) is -0.575. The average Bonchev–Trinajstić information content (AvgIpc) is 1.84. The topological polar surface area (TPSA) is 37.3 Å². The van der Waals surface area contributed by atoms with Crippen molar-refractivity contribution in [2.24, 2.45) is 0 Å².